The summed E-state index contributed by atoms with van der Waals surface area (Å²) in [7, 11) is 0. The van der Waals surface area contributed by atoms with Crippen molar-refractivity contribution < 1.29 is 19.1 Å². The van der Waals surface area contributed by atoms with Crippen LogP contribution >= 0.6 is 22.6 Å². The molecule has 0 radical (unpaired) electrons. The number of nitrogens with one attached hydrogen (secondary N) is 1. The summed E-state index contributed by atoms with van der Waals surface area (Å²) >= 11 is 1.99. The number of carbonyl (C=O) groups excluding carboxylic acids is 2. The molecule has 0 aliphatic heterocycles. The Hall–Kier alpha value is -0.530. The van der Waals surface area contributed by atoms with Crippen molar-refractivity contribution >= 4 is 34.7 Å². The van der Waals surface area contributed by atoms with E-state index in [2.05, 4.69) is 5.32 Å². The average Bonchev–Trinajstić information content (AvgIpc) is 2.25. The van der Waals surface area contributed by atoms with Crippen molar-refractivity contribution in [2.45, 2.75) is 37.7 Å². The second-order valence-corrected chi connectivity index (χ2v) is 5.13. The molecule has 0 heterocycles. The molecule has 0 aliphatic carbocycles. The molecule has 0 aromatic heterocycles. The summed E-state index contributed by atoms with van der Waals surface area (Å²) < 4.78 is 9.33. The van der Waals surface area contributed by atoms with Gasteiger partial charge in [0.1, 0.15) is 3.92 Å². The van der Waals surface area contributed by atoms with Crippen LogP contribution in [0.5, 0.6) is 0 Å². The van der Waals surface area contributed by atoms with E-state index in [4.69, 9.17) is 9.47 Å². The molecule has 100 valence electrons. The molecule has 0 unspecified atom stereocenters. The number of amides is 1. The highest BCUT2D eigenvalue weighted by Gasteiger charge is 2.31. The number of carbonyl (C=O) groups is 2. The molecular weight excluding hydrogens is 337 g/mol. The molecule has 6 heteroatoms. The molecule has 0 aliphatic rings. The van der Waals surface area contributed by atoms with Gasteiger partial charge in [0.05, 0.1) is 19.3 Å². The Kier molecular flexibility index (Phi) is 8.28. The van der Waals surface area contributed by atoms with Crippen molar-refractivity contribution in [3.05, 3.63) is 0 Å². The minimum Gasteiger partial charge on any atom is -0.465 e. The smallest absolute Gasteiger partial charge is 0.407 e. The molecule has 0 spiro atoms. The van der Waals surface area contributed by atoms with Gasteiger partial charge in [0, 0.05) is 0 Å². The van der Waals surface area contributed by atoms with E-state index >= 15 is 0 Å². The van der Waals surface area contributed by atoms with E-state index in [1.165, 1.54) is 0 Å². The fourth-order valence-corrected chi connectivity index (χ4v) is 2.45. The topological polar surface area (TPSA) is 64.6 Å². The summed E-state index contributed by atoms with van der Waals surface area (Å²) in [6, 6.07) is -0.298. The van der Waals surface area contributed by atoms with Crippen LogP contribution in [0, 0.1) is 5.92 Å². The number of rotatable bonds is 6. The molecule has 0 fully saturated rings. The van der Waals surface area contributed by atoms with Gasteiger partial charge in [-0.2, -0.15) is 0 Å². The van der Waals surface area contributed by atoms with Crippen LogP contribution in [0.25, 0.3) is 0 Å². The third-order valence-electron chi connectivity index (χ3n) is 2.11. The highest BCUT2D eigenvalue weighted by atomic mass is 127. The van der Waals surface area contributed by atoms with Gasteiger partial charge in [0.25, 0.3) is 0 Å². The first-order valence-electron chi connectivity index (χ1n) is 5.67. The number of hydrogen-bond acceptors (Lipinski definition) is 4. The molecule has 0 bridgehead atoms. The first-order chi connectivity index (χ1) is 7.93. The number of hydrogen-bond donors (Lipinski definition) is 1. The van der Waals surface area contributed by atoms with Gasteiger partial charge in [-0.1, -0.05) is 36.4 Å². The van der Waals surface area contributed by atoms with Crippen LogP contribution in [0.4, 0.5) is 4.79 Å². The molecule has 0 saturated carbocycles. The number of halogens is 1. The Bertz CT molecular complexity index is 258. The van der Waals surface area contributed by atoms with Crippen molar-refractivity contribution in [1.29, 1.82) is 0 Å². The Labute approximate surface area is 116 Å². The van der Waals surface area contributed by atoms with E-state index in [9.17, 15) is 9.59 Å². The summed E-state index contributed by atoms with van der Waals surface area (Å²) in [5.74, 6) is -0.200. The number of ether oxygens (including phenoxy) is 2. The monoisotopic (exact) mass is 357 g/mol. The first kappa shape index (κ1) is 16.5. The molecule has 2 atom stereocenters. The lowest BCUT2D eigenvalue weighted by Crippen LogP contribution is -2.48. The summed E-state index contributed by atoms with van der Waals surface area (Å²) in [6.45, 7) is 8.00. The van der Waals surface area contributed by atoms with Crippen molar-refractivity contribution in [2.24, 2.45) is 5.92 Å². The van der Waals surface area contributed by atoms with Crippen LogP contribution in [0.15, 0.2) is 0 Å². The largest absolute Gasteiger partial charge is 0.465 e. The van der Waals surface area contributed by atoms with Gasteiger partial charge in [0.15, 0.2) is 0 Å². The quantitative estimate of drug-likeness (QED) is 0.449. The molecule has 5 nitrogen and oxygen atoms in total. The predicted molar refractivity (Wildman–Crippen MR) is 73.2 cm³/mol. The molecule has 1 amide bonds. The van der Waals surface area contributed by atoms with Crippen LogP contribution in [0.2, 0.25) is 0 Å². The third-order valence-corrected chi connectivity index (χ3v) is 3.39. The minimum absolute atomic E-state index is 0.116. The van der Waals surface area contributed by atoms with Gasteiger partial charge in [-0.25, -0.2) is 4.79 Å². The highest BCUT2D eigenvalue weighted by Crippen LogP contribution is 2.16. The van der Waals surface area contributed by atoms with E-state index < -0.39 is 10.0 Å². The number of alkyl carbamates (subject to hydrolysis) is 1. The molecule has 17 heavy (non-hydrogen) atoms. The van der Waals surface area contributed by atoms with E-state index in [1.54, 1.807) is 13.8 Å². The fraction of sp³-hybridized carbons (Fsp3) is 0.818. The molecule has 0 aromatic rings. The van der Waals surface area contributed by atoms with Crippen LogP contribution in [0.3, 0.4) is 0 Å². The van der Waals surface area contributed by atoms with Gasteiger partial charge in [-0.3, -0.25) is 4.79 Å². The number of esters is 1. The van der Waals surface area contributed by atoms with E-state index in [0.29, 0.717) is 13.2 Å². The Morgan fingerprint density at radius 3 is 2.12 bits per heavy atom. The van der Waals surface area contributed by atoms with Gasteiger partial charge in [-0.05, 0) is 19.8 Å². The summed E-state index contributed by atoms with van der Waals surface area (Å²) in [6.07, 6.45) is -0.503. The maximum absolute atomic E-state index is 11.6. The maximum atomic E-state index is 11.6. The first-order valence-corrected chi connectivity index (χ1v) is 6.92. The molecule has 0 aromatic carbocycles. The van der Waals surface area contributed by atoms with Gasteiger partial charge in [-0.15, -0.1) is 0 Å². The zero-order chi connectivity index (χ0) is 13.4. The van der Waals surface area contributed by atoms with Crippen LogP contribution in [-0.2, 0) is 14.3 Å². The zero-order valence-electron chi connectivity index (χ0n) is 10.7. The summed E-state index contributed by atoms with van der Waals surface area (Å²) in [4.78, 5) is 23.0. The Balaban J connectivity index is 4.51. The third kappa shape index (κ3) is 6.09. The minimum atomic E-state index is -0.503. The standard InChI is InChI=1S/C11H20INO4/c1-5-16-10(14)8(12)9(7(3)4)13-11(15)17-6-2/h7-9H,5-6H2,1-4H3,(H,13,15)/t8-,9-/m1/s1. The van der Waals surface area contributed by atoms with Crippen LogP contribution < -0.4 is 5.32 Å². The van der Waals surface area contributed by atoms with Crippen LogP contribution in [0.1, 0.15) is 27.7 Å². The highest BCUT2D eigenvalue weighted by molar-refractivity contribution is 14.1. The Morgan fingerprint density at radius 2 is 1.71 bits per heavy atom. The summed E-state index contributed by atoms with van der Waals surface area (Å²) in [5, 5.41) is 2.69. The molecule has 0 rings (SSSR count). The van der Waals surface area contributed by atoms with E-state index in [1.807, 2.05) is 36.4 Å². The van der Waals surface area contributed by atoms with Gasteiger partial charge < -0.3 is 14.8 Å². The summed E-state index contributed by atoms with van der Waals surface area (Å²) in [5.41, 5.74) is 0. The second-order valence-electron chi connectivity index (χ2n) is 3.79. The van der Waals surface area contributed by atoms with Gasteiger partial charge in [0.2, 0.25) is 0 Å². The molecule has 0 saturated heterocycles. The van der Waals surface area contributed by atoms with E-state index in [0.717, 1.165) is 0 Å². The lowest BCUT2D eigenvalue weighted by Gasteiger charge is -2.25. The zero-order valence-corrected chi connectivity index (χ0v) is 12.8. The lowest BCUT2D eigenvalue weighted by molar-refractivity contribution is -0.142. The predicted octanol–water partition coefficient (Wildman–Crippen LogP) is 2.12. The SMILES string of the molecule is CCOC(=O)N[C@H](C(C)C)[C@@H](I)C(=O)OCC. The van der Waals surface area contributed by atoms with Crippen molar-refractivity contribution in [3.8, 4) is 0 Å². The van der Waals surface area contributed by atoms with Gasteiger partial charge >= 0.3 is 12.1 Å². The fourth-order valence-electron chi connectivity index (χ4n) is 1.26. The number of alkyl halides is 1. The maximum Gasteiger partial charge on any atom is 0.407 e. The van der Waals surface area contributed by atoms with E-state index in [-0.39, 0.29) is 17.9 Å². The van der Waals surface area contributed by atoms with Crippen molar-refractivity contribution in [2.75, 3.05) is 13.2 Å². The Morgan fingerprint density at radius 1 is 1.18 bits per heavy atom. The normalized spacial score (nSPS) is 14.0. The second kappa shape index (κ2) is 8.54. The molecule has 1 N–H and O–H groups in total. The van der Waals surface area contributed by atoms with Crippen LogP contribution in [-0.4, -0.2) is 35.2 Å². The van der Waals surface area contributed by atoms with Crippen molar-refractivity contribution in [1.82, 2.24) is 5.32 Å². The molecular formula is C11H20INO4. The van der Waals surface area contributed by atoms with Crippen molar-refractivity contribution in [3.63, 3.8) is 0 Å². The average molecular weight is 357 g/mol. The lowest BCUT2D eigenvalue weighted by atomic mass is 10.0.